The van der Waals surface area contributed by atoms with Gasteiger partial charge in [0.25, 0.3) is 5.91 Å². The number of allylic oxidation sites excluding steroid dienone is 1. The van der Waals surface area contributed by atoms with Crippen molar-refractivity contribution in [1.29, 1.82) is 0 Å². The number of thioether (sulfide) groups is 1. The fourth-order valence-electron chi connectivity index (χ4n) is 3.28. The highest BCUT2D eigenvalue weighted by molar-refractivity contribution is 7.99. The van der Waals surface area contributed by atoms with Crippen LogP contribution in [0.3, 0.4) is 0 Å². The van der Waals surface area contributed by atoms with Gasteiger partial charge in [-0.2, -0.15) is 0 Å². The molecular formula is C24H26ClN5O2S. The molecule has 2 amide bonds. The lowest BCUT2D eigenvalue weighted by Gasteiger charge is -2.16. The van der Waals surface area contributed by atoms with E-state index in [2.05, 4.69) is 27.4 Å². The molecule has 0 unspecified atom stereocenters. The van der Waals surface area contributed by atoms with Crippen molar-refractivity contribution in [1.82, 2.24) is 20.1 Å². The summed E-state index contributed by atoms with van der Waals surface area (Å²) < 4.78 is 1.84. The molecule has 33 heavy (non-hydrogen) atoms. The fraction of sp³-hybridized carbons (Fsp3) is 0.250. The number of amides is 2. The number of nitrogens with one attached hydrogen (secondary N) is 2. The van der Waals surface area contributed by atoms with Gasteiger partial charge >= 0.3 is 0 Å². The van der Waals surface area contributed by atoms with Crippen molar-refractivity contribution in [3.05, 3.63) is 83.2 Å². The molecule has 0 aliphatic carbocycles. The average molecular weight is 484 g/mol. The zero-order chi connectivity index (χ0) is 23.8. The number of aromatic nitrogens is 3. The minimum atomic E-state index is -0.430. The summed E-state index contributed by atoms with van der Waals surface area (Å²) in [6.07, 6.45) is 2.55. The van der Waals surface area contributed by atoms with E-state index in [-0.39, 0.29) is 17.6 Å². The SMILES string of the molecule is C=CCn1c(SCC(=O)Nc2ccccc2CC)nnc1[C@H](C)NC(=O)c1ccccc1Cl. The second kappa shape index (κ2) is 11.7. The topological polar surface area (TPSA) is 88.9 Å². The van der Waals surface area contributed by atoms with E-state index in [0.29, 0.717) is 28.1 Å². The lowest BCUT2D eigenvalue weighted by Crippen LogP contribution is -2.29. The summed E-state index contributed by atoms with van der Waals surface area (Å²) in [6.45, 7) is 8.11. The van der Waals surface area contributed by atoms with Crippen molar-refractivity contribution in [2.75, 3.05) is 11.1 Å². The number of hydrogen-bond donors (Lipinski definition) is 2. The van der Waals surface area contributed by atoms with E-state index in [4.69, 9.17) is 11.6 Å². The largest absolute Gasteiger partial charge is 0.342 e. The first kappa shape index (κ1) is 24.5. The predicted molar refractivity (Wildman–Crippen MR) is 133 cm³/mol. The number of carbonyl (C=O) groups is 2. The standard InChI is InChI=1S/C24H26ClN5O2S/c1-4-14-30-22(16(3)26-23(32)18-11-7-8-12-19(18)25)28-29-24(30)33-15-21(31)27-20-13-9-6-10-17(20)5-2/h4,6-13,16H,1,5,14-15H2,2-3H3,(H,26,32)(H,27,31)/t16-/m0/s1. The summed E-state index contributed by atoms with van der Waals surface area (Å²) >= 11 is 7.41. The van der Waals surface area contributed by atoms with Crippen LogP contribution in [0, 0.1) is 0 Å². The molecule has 0 saturated carbocycles. The van der Waals surface area contributed by atoms with Crippen LogP contribution < -0.4 is 10.6 Å². The molecule has 0 aliphatic heterocycles. The first-order valence-corrected chi connectivity index (χ1v) is 11.9. The quantitative estimate of drug-likeness (QED) is 0.316. The monoisotopic (exact) mass is 483 g/mol. The highest BCUT2D eigenvalue weighted by atomic mass is 35.5. The Balaban J connectivity index is 1.68. The summed E-state index contributed by atoms with van der Waals surface area (Å²) in [7, 11) is 0. The van der Waals surface area contributed by atoms with E-state index in [9.17, 15) is 9.59 Å². The number of benzene rings is 2. The number of hydrogen-bond acceptors (Lipinski definition) is 5. The molecular weight excluding hydrogens is 458 g/mol. The van der Waals surface area contributed by atoms with Crippen LogP contribution in [0.4, 0.5) is 5.69 Å². The minimum absolute atomic E-state index is 0.129. The molecule has 7 nitrogen and oxygen atoms in total. The highest BCUT2D eigenvalue weighted by Crippen LogP contribution is 2.23. The van der Waals surface area contributed by atoms with Gasteiger partial charge in [-0.3, -0.25) is 9.59 Å². The molecule has 1 atom stereocenters. The first-order valence-electron chi connectivity index (χ1n) is 10.5. The molecule has 0 saturated heterocycles. The molecule has 2 aromatic carbocycles. The van der Waals surface area contributed by atoms with Gasteiger partial charge in [-0.05, 0) is 37.1 Å². The van der Waals surface area contributed by atoms with Crippen molar-refractivity contribution >= 4 is 40.9 Å². The summed E-state index contributed by atoms with van der Waals surface area (Å²) in [4.78, 5) is 25.2. The highest BCUT2D eigenvalue weighted by Gasteiger charge is 2.21. The van der Waals surface area contributed by atoms with Crippen molar-refractivity contribution in [3.8, 4) is 0 Å². The molecule has 0 radical (unpaired) electrons. The number of anilines is 1. The van der Waals surface area contributed by atoms with Gasteiger partial charge in [0.05, 0.1) is 22.4 Å². The molecule has 0 bridgehead atoms. The third kappa shape index (κ3) is 6.24. The van der Waals surface area contributed by atoms with E-state index in [1.807, 2.05) is 42.7 Å². The molecule has 0 spiro atoms. The van der Waals surface area contributed by atoms with Gasteiger partial charge in [0.1, 0.15) is 0 Å². The van der Waals surface area contributed by atoms with Crippen molar-refractivity contribution in [2.24, 2.45) is 0 Å². The van der Waals surface area contributed by atoms with Gasteiger partial charge in [-0.1, -0.05) is 66.7 Å². The van der Waals surface area contributed by atoms with Crippen LogP contribution in [0.15, 0.2) is 66.3 Å². The lowest BCUT2D eigenvalue weighted by atomic mass is 10.1. The lowest BCUT2D eigenvalue weighted by molar-refractivity contribution is -0.113. The fourth-order valence-corrected chi connectivity index (χ4v) is 4.26. The normalized spacial score (nSPS) is 11.6. The minimum Gasteiger partial charge on any atom is -0.342 e. The van der Waals surface area contributed by atoms with Crippen LogP contribution in [0.5, 0.6) is 0 Å². The van der Waals surface area contributed by atoms with E-state index in [1.54, 1.807) is 30.3 Å². The molecule has 172 valence electrons. The summed E-state index contributed by atoms with van der Waals surface area (Å²) in [6, 6.07) is 14.2. The second-order valence-corrected chi connectivity index (χ2v) is 8.61. The second-order valence-electron chi connectivity index (χ2n) is 7.26. The summed E-state index contributed by atoms with van der Waals surface area (Å²) in [5.74, 6) is 0.308. The Labute approximate surface area is 202 Å². The van der Waals surface area contributed by atoms with Crippen molar-refractivity contribution in [3.63, 3.8) is 0 Å². The van der Waals surface area contributed by atoms with E-state index in [0.717, 1.165) is 17.7 Å². The maximum absolute atomic E-state index is 12.6. The number of nitrogens with zero attached hydrogens (tertiary/aromatic N) is 3. The molecule has 3 rings (SSSR count). The summed E-state index contributed by atoms with van der Waals surface area (Å²) in [5, 5.41) is 15.3. The van der Waals surface area contributed by atoms with E-state index >= 15 is 0 Å². The van der Waals surface area contributed by atoms with Crippen molar-refractivity contribution in [2.45, 2.75) is 38.0 Å². The Morgan fingerprint density at radius 3 is 2.64 bits per heavy atom. The molecule has 0 fully saturated rings. The average Bonchev–Trinajstić information content (AvgIpc) is 3.21. The van der Waals surface area contributed by atoms with Crippen LogP contribution in [0.2, 0.25) is 5.02 Å². The third-order valence-electron chi connectivity index (χ3n) is 4.92. The number of para-hydroxylation sites is 1. The molecule has 1 aromatic heterocycles. The van der Waals surface area contributed by atoms with Crippen LogP contribution in [0.25, 0.3) is 0 Å². The Morgan fingerprint density at radius 1 is 1.18 bits per heavy atom. The smallest absolute Gasteiger partial charge is 0.253 e. The van der Waals surface area contributed by atoms with Gasteiger partial charge in [-0.15, -0.1) is 16.8 Å². The van der Waals surface area contributed by atoms with Crippen LogP contribution in [-0.2, 0) is 17.8 Å². The van der Waals surface area contributed by atoms with Gasteiger partial charge in [0.15, 0.2) is 11.0 Å². The van der Waals surface area contributed by atoms with Gasteiger partial charge in [0.2, 0.25) is 5.91 Å². The van der Waals surface area contributed by atoms with Crippen LogP contribution >= 0.6 is 23.4 Å². The maximum Gasteiger partial charge on any atom is 0.253 e. The van der Waals surface area contributed by atoms with Gasteiger partial charge < -0.3 is 15.2 Å². The third-order valence-corrected chi connectivity index (χ3v) is 6.21. The van der Waals surface area contributed by atoms with Gasteiger partial charge in [-0.25, -0.2) is 0 Å². The number of carbonyl (C=O) groups excluding carboxylic acids is 2. The summed E-state index contributed by atoms with van der Waals surface area (Å²) in [5.41, 5.74) is 2.28. The molecule has 2 N–H and O–H groups in total. The van der Waals surface area contributed by atoms with Crippen molar-refractivity contribution < 1.29 is 9.59 Å². The van der Waals surface area contributed by atoms with Crippen LogP contribution in [-0.4, -0.2) is 32.3 Å². The Morgan fingerprint density at radius 2 is 1.91 bits per heavy atom. The van der Waals surface area contributed by atoms with Gasteiger partial charge in [0, 0.05) is 12.2 Å². The van der Waals surface area contributed by atoms with E-state index < -0.39 is 6.04 Å². The Kier molecular flexibility index (Phi) is 8.68. The van der Waals surface area contributed by atoms with E-state index in [1.165, 1.54) is 11.8 Å². The van der Waals surface area contributed by atoms with Crippen LogP contribution in [0.1, 0.15) is 41.6 Å². The zero-order valence-electron chi connectivity index (χ0n) is 18.5. The molecule has 1 heterocycles. The zero-order valence-corrected chi connectivity index (χ0v) is 20.1. The predicted octanol–water partition coefficient (Wildman–Crippen LogP) is 4.90. The number of aryl methyl sites for hydroxylation is 1. The Hall–Kier alpha value is -3.10. The molecule has 0 aliphatic rings. The Bertz CT molecular complexity index is 1150. The first-order chi connectivity index (χ1) is 15.9. The molecule has 9 heteroatoms. The maximum atomic E-state index is 12.6. The number of rotatable bonds is 10. The molecule has 3 aromatic rings. The number of halogens is 1.